The summed E-state index contributed by atoms with van der Waals surface area (Å²) in [6.07, 6.45) is 0. The molecular formula is C13H20N2O5. The second-order valence-electron chi connectivity index (χ2n) is 6.50. The number of nitrogens with zero attached hydrogens (tertiary/aromatic N) is 1. The van der Waals surface area contributed by atoms with Crippen LogP contribution in [0.4, 0.5) is 0 Å². The third-order valence-electron chi connectivity index (χ3n) is 3.41. The van der Waals surface area contributed by atoms with Crippen LogP contribution in [0.3, 0.4) is 0 Å². The molecule has 1 fully saturated rings. The Balaban J connectivity index is 3.19. The van der Waals surface area contributed by atoms with Crippen LogP contribution in [0.5, 0.6) is 0 Å². The Morgan fingerprint density at radius 2 is 1.80 bits per heavy atom. The van der Waals surface area contributed by atoms with Gasteiger partial charge in [-0.2, -0.15) is 0 Å². The maximum atomic E-state index is 12.5. The van der Waals surface area contributed by atoms with Crippen LogP contribution in [-0.2, 0) is 19.2 Å². The minimum absolute atomic E-state index is 0.322. The van der Waals surface area contributed by atoms with Crippen molar-refractivity contribution >= 4 is 23.7 Å². The molecule has 0 saturated carbocycles. The van der Waals surface area contributed by atoms with E-state index in [9.17, 15) is 24.3 Å². The lowest BCUT2D eigenvalue weighted by Gasteiger charge is -2.42. The predicted molar refractivity (Wildman–Crippen MR) is 69.5 cm³/mol. The van der Waals surface area contributed by atoms with Gasteiger partial charge in [-0.25, -0.2) is 0 Å². The van der Waals surface area contributed by atoms with E-state index in [0.29, 0.717) is 0 Å². The minimum Gasteiger partial charge on any atom is -0.481 e. The smallest absolute Gasteiger partial charge is 0.316 e. The largest absolute Gasteiger partial charge is 0.481 e. The molecule has 0 bridgehead atoms. The van der Waals surface area contributed by atoms with Crippen molar-refractivity contribution in [2.24, 2.45) is 11.3 Å². The number of hydrogen-bond acceptors (Lipinski definition) is 4. The van der Waals surface area contributed by atoms with Crippen LogP contribution in [0, 0.1) is 11.3 Å². The summed E-state index contributed by atoms with van der Waals surface area (Å²) in [6, 6.07) is 0. The molecule has 1 atom stereocenters. The molecule has 0 aliphatic carbocycles. The normalized spacial score (nSPS) is 20.4. The quantitative estimate of drug-likeness (QED) is 0.548. The molecule has 20 heavy (non-hydrogen) atoms. The van der Waals surface area contributed by atoms with Crippen LogP contribution < -0.4 is 5.32 Å². The molecule has 0 aromatic carbocycles. The van der Waals surface area contributed by atoms with E-state index in [-0.39, 0.29) is 6.54 Å². The van der Waals surface area contributed by atoms with Gasteiger partial charge in [0.2, 0.25) is 11.8 Å². The number of carboxylic acids is 1. The number of aliphatic carboxylic acids is 1. The highest BCUT2D eigenvalue weighted by Crippen LogP contribution is 2.31. The first-order valence-corrected chi connectivity index (χ1v) is 6.27. The molecule has 0 aromatic heterocycles. The molecule has 7 nitrogen and oxygen atoms in total. The Morgan fingerprint density at radius 3 is 2.20 bits per heavy atom. The Labute approximate surface area is 117 Å². The first-order chi connectivity index (χ1) is 8.89. The van der Waals surface area contributed by atoms with Crippen LogP contribution in [0.2, 0.25) is 0 Å². The van der Waals surface area contributed by atoms with Gasteiger partial charge in [0.05, 0.1) is 0 Å². The first-order valence-electron chi connectivity index (χ1n) is 6.27. The fourth-order valence-corrected chi connectivity index (χ4v) is 2.14. The van der Waals surface area contributed by atoms with E-state index in [1.807, 2.05) is 0 Å². The number of carbonyl (C=O) groups excluding carboxylic acids is 3. The fraction of sp³-hybridized carbons (Fsp3) is 0.692. The molecule has 1 unspecified atom stereocenters. The summed E-state index contributed by atoms with van der Waals surface area (Å²) < 4.78 is 0. The van der Waals surface area contributed by atoms with Gasteiger partial charge < -0.3 is 10.0 Å². The molecule has 1 rings (SSSR count). The zero-order chi connectivity index (χ0) is 15.9. The summed E-state index contributed by atoms with van der Waals surface area (Å²) in [4.78, 5) is 48.2. The van der Waals surface area contributed by atoms with Gasteiger partial charge in [-0.3, -0.25) is 24.5 Å². The van der Waals surface area contributed by atoms with Crippen molar-refractivity contribution in [3.8, 4) is 0 Å². The Kier molecular flexibility index (Phi) is 3.94. The average Bonchev–Trinajstić information content (AvgIpc) is 2.20. The number of rotatable bonds is 2. The molecule has 1 aliphatic heterocycles. The van der Waals surface area contributed by atoms with Crippen molar-refractivity contribution < 1.29 is 24.3 Å². The number of piperazine rings is 1. The van der Waals surface area contributed by atoms with Crippen LogP contribution >= 0.6 is 0 Å². The summed E-state index contributed by atoms with van der Waals surface area (Å²) in [5.41, 5.74) is -2.08. The zero-order valence-electron chi connectivity index (χ0n) is 12.3. The monoisotopic (exact) mass is 284 g/mol. The number of amides is 3. The topological polar surface area (TPSA) is 104 Å². The highest BCUT2D eigenvalue weighted by Gasteiger charge is 2.49. The number of carboxylic acid groups (broad SMARTS) is 1. The lowest BCUT2D eigenvalue weighted by molar-refractivity contribution is -0.166. The molecule has 1 saturated heterocycles. The molecule has 0 spiro atoms. The summed E-state index contributed by atoms with van der Waals surface area (Å²) in [5.74, 6) is -4.53. The Hall–Kier alpha value is -1.92. The highest BCUT2D eigenvalue weighted by atomic mass is 16.4. The van der Waals surface area contributed by atoms with E-state index in [4.69, 9.17) is 0 Å². The number of hydrogen-bond donors (Lipinski definition) is 2. The van der Waals surface area contributed by atoms with Crippen LogP contribution in [0.15, 0.2) is 0 Å². The molecule has 1 aliphatic rings. The molecule has 2 N–H and O–H groups in total. The molecule has 0 radical (unpaired) electrons. The van der Waals surface area contributed by atoms with Crippen LogP contribution in [-0.4, -0.2) is 45.8 Å². The van der Waals surface area contributed by atoms with Gasteiger partial charge in [0, 0.05) is 0 Å². The van der Waals surface area contributed by atoms with Gasteiger partial charge in [0.25, 0.3) is 5.91 Å². The van der Waals surface area contributed by atoms with Gasteiger partial charge >= 0.3 is 5.97 Å². The molecule has 112 valence electrons. The summed E-state index contributed by atoms with van der Waals surface area (Å²) in [7, 11) is 0. The van der Waals surface area contributed by atoms with Gasteiger partial charge in [0.1, 0.15) is 18.0 Å². The second-order valence-corrected chi connectivity index (χ2v) is 6.50. The van der Waals surface area contributed by atoms with E-state index >= 15 is 0 Å². The van der Waals surface area contributed by atoms with Gasteiger partial charge in [-0.15, -0.1) is 0 Å². The third kappa shape index (κ3) is 2.81. The van der Waals surface area contributed by atoms with E-state index in [2.05, 4.69) is 5.32 Å². The van der Waals surface area contributed by atoms with Gasteiger partial charge in [-0.1, -0.05) is 20.8 Å². The van der Waals surface area contributed by atoms with Crippen molar-refractivity contribution in [3.63, 3.8) is 0 Å². The van der Waals surface area contributed by atoms with E-state index < -0.39 is 40.6 Å². The molecule has 3 amide bonds. The average molecular weight is 284 g/mol. The lowest BCUT2D eigenvalue weighted by Crippen LogP contribution is -2.67. The predicted octanol–water partition coefficient (Wildman–Crippen LogP) is -0.00310. The molecule has 0 aromatic rings. The third-order valence-corrected chi connectivity index (χ3v) is 3.41. The van der Waals surface area contributed by atoms with Crippen molar-refractivity contribution in [1.82, 2.24) is 10.2 Å². The Bertz CT molecular complexity index is 476. The van der Waals surface area contributed by atoms with Crippen molar-refractivity contribution in [3.05, 3.63) is 0 Å². The lowest BCUT2D eigenvalue weighted by atomic mass is 9.79. The van der Waals surface area contributed by atoms with E-state index in [1.54, 1.807) is 20.8 Å². The second kappa shape index (κ2) is 4.88. The van der Waals surface area contributed by atoms with E-state index in [1.165, 1.54) is 13.8 Å². The maximum Gasteiger partial charge on any atom is 0.316 e. The van der Waals surface area contributed by atoms with E-state index in [0.717, 1.165) is 4.90 Å². The van der Waals surface area contributed by atoms with Crippen molar-refractivity contribution in [1.29, 1.82) is 0 Å². The summed E-state index contributed by atoms with van der Waals surface area (Å²) in [6.45, 7) is 7.52. The number of nitrogens with one attached hydrogen (secondary N) is 1. The van der Waals surface area contributed by atoms with Crippen LogP contribution in [0.25, 0.3) is 0 Å². The van der Waals surface area contributed by atoms with Gasteiger partial charge in [0.15, 0.2) is 0 Å². The molecular weight excluding hydrogens is 264 g/mol. The maximum absolute atomic E-state index is 12.5. The standard InChI is InChI=1S/C13H20N2O5/c1-12(2,3)8(10(18)19)9(17)15-6-7(16)14-11(20)13(15,4)5/h8H,6H2,1-5H3,(H,18,19)(H,14,16,20). The highest BCUT2D eigenvalue weighted by molar-refractivity contribution is 6.08. The van der Waals surface area contributed by atoms with Crippen molar-refractivity contribution in [2.45, 2.75) is 40.2 Å². The Morgan fingerprint density at radius 1 is 1.30 bits per heavy atom. The summed E-state index contributed by atoms with van der Waals surface area (Å²) in [5, 5.41) is 11.4. The van der Waals surface area contributed by atoms with Crippen LogP contribution in [0.1, 0.15) is 34.6 Å². The summed E-state index contributed by atoms with van der Waals surface area (Å²) >= 11 is 0. The number of carbonyl (C=O) groups is 4. The first kappa shape index (κ1) is 16.1. The van der Waals surface area contributed by atoms with Crippen molar-refractivity contribution in [2.75, 3.05) is 6.54 Å². The molecule has 1 heterocycles. The molecule has 7 heteroatoms. The van der Waals surface area contributed by atoms with Gasteiger partial charge in [-0.05, 0) is 19.3 Å². The minimum atomic E-state index is -1.32. The SMILES string of the molecule is CC(C)(C)C(C(=O)O)C(=O)N1CC(=O)NC(=O)C1(C)C. The fourth-order valence-electron chi connectivity index (χ4n) is 2.14. The zero-order valence-corrected chi connectivity index (χ0v) is 12.3. The number of imide groups is 1.